The van der Waals surface area contributed by atoms with Crippen LogP contribution in [-0.2, 0) is 13.5 Å². The number of rotatable bonds is 6. The van der Waals surface area contributed by atoms with Crippen LogP contribution < -0.4 is 15.2 Å². The molecule has 4 aromatic rings. The zero-order valence-electron chi connectivity index (χ0n) is 23.0. The number of anilines is 1. The van der Waals surface area contributed by atoms with Gasteiger partial charge in [0, 0.05) is 49.4 Å². The second-order valence-corrected chi connectivity index (χ2v) is 10.8. The van der Waals surface area contributed by atoms with Crippen LogP contribution in [0.5, 0.6) is 5.88 Å². The van der Waals surface area contributed by atoms with Crippen molar-refractivity contribution >= 4 is 28.3 Å². The van der Waals surface area contributed by atoms with Gasteiger partial charge in [0.2, 0.25) is 5.88 Å². The molecule has 2 aromatic heterocycles. The fourth-order valence-corrected chi connectivity index (χ4v) is 5.94. The molecule has 5 rings (SSSR count). The van der Waals surface area contributed by atoms with E-state index in [1.54, 1.807) is 43.0 Å². The number of fused-ring (bicyclic) bond motifs is 1. The normalized spacial score (nSPS) is 18.9. The van der Waals surface area contributed by atoms with Gasteiger partial charge in [0.05, 0.1) is 24.4 Å². The van der Waals surface area contributed by atoms with Gasteiger partial charge in [0.1, 0.15) is 11.3 Å². The Morgan fingerprint density at radius 2 is 1.79 bits per heavy atom. The van der Waals surface area contributed by atoms with Crippen LogP contribution in [0, 0.1) is 5.82 Å². The van der Waals surface area contributed by atoms with E-state index < -0.39 is 0 Å². The number of benzene rings is 2. The van der Waals surface area contributed by atoms with E-state index in [0.717, 1.165) is 46.4 Å². The van der Waals surface area contributed by atoms with E-state index >= 15 is 0 Å². The summed E-state index contributed by atoms with van der Waals surface area (Å²) in [5, 5.41) is 0.680. The first-order valence-corrected chi connectivity index (χ1v) is 13.7. The van der Waals surface area contributed by atoms with Gasteiger partial charge in [-0.25, -0.2) is 9.37 Å². The third kappa shape index (κ3) is 5.13. The Hall–Kier alpha value is -3.42. The molecule has 3 atom stereocenters. The first-order valence-electron chi connectivity index (χ1n) is 13.3. The van der Waals surface area contributed by atoms with Crippen LogP contribution >= 0.6 is 11.6 Å². The highest BCUT2D eigenvalue weighted by atomic mass is 35.5. The van der Waals surface area contributed by atoms with Crippen molar-refractivity contribution in [1.29, 1.82) is 0 Å². The molecule has 6 nitrogen and oxygen atoms in total. The quantitative estimate of drug-likeness (QED) is 0.296. The highest BCUT2D eigenvalue weighted by Gasteiger charge is 2.36. The number of hydrogen-bond donors (Lipinski definition) is 0. The number of nitrogens with zero attached hydrogens (tertiary/aromatic N) is 4. The standard InChI is InChI=1S/C31H34ClFN4O2/c1-6-21-15-24(33)11-12-25(21)31(22-7-9-23(32)10-8-22)37-18-19(2)36(17-20(37)3)27-16-29(38)35(4)26-13-14-28(39-5)34-30(26)27/h7-16,19-20,31H,6,17-18H2,1-5H3/t19-,20+,31?/m0/s1. The molecular formula is C31H34ClFN4O2. The van der Waals surface area contributed by atoms with Gasteiger partial charge >= 0.3 is 0 Å². The number of methoxy groups -OCH3 is 1. The van der Waals surface area contributed by atoms with Crippen molar-refractivity contribution in [3.63, 3.8) is 0 Å². The van der Waals surface area contributed by atoms with Crippen molar-refractivity contribution in [1.82, 2.24) is 14.5 Å². The monoisotopic (exact) mass is 548 g/mol. The Labute approximate surface area is 233 Å². The third-order valence-corrected chi connectivity index (χ3v) is 8.15. The maximum atomic E-state index is 14.2. The molecule has 1 fully saturated rings. The summed E-state index contributed by atoms with van der Waals surface area (Å²) >= 11 is 6.25. The average Bonchev–Trinajstić information content (AvgIpc) is 2.94. The minimum absolute atomic E-state index is 0.0731. The minimum atomic E-state index is -0.225. The fourth-order valence-electron chi connectivity index (χ4n) is 5.82. The first-order chi connectivity index (χ1) is 18.7. The van der Waals surface area contributed by atoms with Crippen molar-refractivity contribution in [2.75, 3.05) is 25.1 Å². The summed E-state index contributed by atoms with van der Waals surface area (Å²) in [6.07, 6.45) is 0.730. The lowest BCUT2D eigenvalue weighted by Crippen LogP contribution is -2.57. The van der Waals surface area contributed by atoms with E-state index in [2.05, 4.69) is 42.7 Å². The van der Waals surface area contributed by atoms with E-state index in [0.29, 0.717) is 17.4 Å². The predicted octanol–water partition coefficient (Wildman–Crippen LogP) is 5.99. The molecule has 3 heterocycles. The van der Waals surface area contributed by atoms with Crippen LogP contribution in [0.25, 0.3) is 11.0 Å². The summed E-state index contributed by atoms with van der Waals surface area (Å²) in [5.74, 6) is 0.282. The molecule has 0 saturated carbocycles. The topological polar surface area (TPSA) is 50.6 Å². The Balaban J connectivity index is 1.57. The molecule has 1 saturated heterocycles. The molecule has 0 radical (unpaired) electrons. The molecule has 0 spiro atoms. The molecule has 39 heavy (non-hydrogen) atoms. The molecule has 0 amide bonds. The largest absolute Gasteiger partial charge is 0.481 e. The zero-order chi connectivity index (χ0) is 27.8. The SMILES string of the molecule is CCc1cc(F)ccc1C(c1ccc(Cl)cc1)N1C[C@H](C)N(c2cc(=O)n(C)c3ccc(OC)nc23)C[C@H]1C. The molecular weight excluding hydrogens is 515 g/mol. The molecule has 8 heteroatoms. The highest BCUT2D eigenvalue weighted by molar-refractivity contribution is 6.30. The predicted molar refractivity (Wildman–Crippen MR) is 156 cm³/mol. The Kier molecular flexibility index (Phi) is 7.65. The smallest absolute Gasteiger partial charge is 0.252 e. The van der Waals surface area contributed by atoms with Gasteiger partial charge in [0.15, 0.2) is 0 Å². The zero-order valence-corrected chi connectivity index (χ0v) is 23.7. The molecule has 0 aliphatic carbocycles. The highest BCUT2D eigenvalue weighted by Crippen LogP contribution is 2.38. The van der Waals surface area contributed by atoms with Gasteiger partial charge in [-0.05, 0) is 67.3 Å². The van der Waals surface area contributed by atoms with Crippen LogP contribution in [0.1, 0.15) is 43.5 Å². The summed E-state index contributed by atoms with van der Waals surface area (Å²) < 4.78 is 21.3. The first kappa shape index (κ1) is 27.2. The van der Waals surface area contributed by atoms with E-state index in [1.807, 2.05) is 24.3 Å². The summed E-state index contributed by atoms with van der Waals surface area (Å²) in [7, 11) is 3.35. The number of hydrogen-bond acceptors (Lipinski definition) is 5. The summed E-state index contributed by atoms with van der Waals surface area (Å²) in [6, 6.07) is 18.5. The van der Waals surface area contributed by atoms with Gasteiger partial charge in [0.25, 0.3) is 5.56 Å². The third-order valence-electron chi connectivity index (χ3n) is 7.89. The molecule has 2 aromatic carbocycles. The minimum Gasteiger partial charge on any atom is -0.481 e. The summed E-state index contributed by atoms with van der Waals surface area (Å²) in [4.78, 5) is 22.4. The molecule has 1 aliphatic heterocycles. The van der Waals surface area contributed by atoms with E-state index in [1.165, 1.54) is 0 Å². The second kappa shape index (κ2) is 11.0. The van der Waals surface area contributed by atoms with Crippen molar-refractivity contribution in [3.05, 3.63) is 98.5 Å². The molecule has 1 unspecified atom stereocenters. The van der Waals surface area contributed by atoms with Crippen LogP contribution in [-0.4, -0.2) is 46.7 Å². The van der Waals surface area contributed by atoms with Crippen molar-refractivity contribution < 1.29 is 9.13 Å². The second-order valence-electron chi connectivity index (χ2n) is 10.3. The van der Waals surface area contributed by atoms with Gasteiger partial charge < -0.3 is 14.2 Å². The van der Waals surface area contributed by atoms with Gasteiger partial charge in [-0.15, -0.1) is 0 Å². The molecule has 0 bridgehead atoms. The lowest BCUT2D eigenvalue weighted by Gasteiger charge is -2.49. The maximum Gasteiger partial charge on any atom is 0.252 e. The van der Waals surface area contributed by atoms with Crippen LogP contribution in [0.2, 0.25) is 5.02 Å². The van der Waals surface area contributed by atoms with Crippen molar-refractivity contribution in [3.8, 4) is 5.88 Å². The number of aryl methyl sites for hydroxylation is 2. The van der Waals surface area contributed by atoms with Crippen molar-refractivity contribution in [2.24, 2.45) is 7.05 Å². The molecule has 0 N–H and O–H groups in total. The van der Waals surface area contributed by atoms with E-state index in [-0.39, 0.29) is 29.5 Å². The van der Waals surface area contributed by atoms with Gasteiger partial charge in [-0.2, -0.15) is 0 Å². The Bertz CT molecular complexity index is 1560. The number of aromatic nitrogens is 2. The number of piperazine rings is 1. The van der Waals surface area contributed by atoms with Crippen LogP contribution in [0.15, 0.2) is 65.5 Å². The van der Waals surface area contributed by atoms with Crippen molar-refractivity contribution in [2.45, 2.75) is 45.3 Å². The molecule has 204 valence electrons. The fraction of sp³-hybridized carbons (Fsp3) is 0.355. The van der Waals surface area contributed by atoms with E-state index in [4.69, 9.17) is 21.3 Å². The lowest BCUT2D eigenvalue weighted by atomic mass is 9.89. The Morgan fingerprint density at radius 1 is 1.05 bits per heavy atom. The summed E-state index contributed by atoms with van der Waals surface area (Å²) in [5.41, 5.74) is 5.43. The average molecular weight is 549 g/mol. The Morgan fingerprint density at radius 3 is 2.49 bits per heavy atom. The number of halogens is 2. The van der Waals surface area contributed by atoms with Gasteiger partial charge in [-0.3, -0.25) is 9.69 Å². The van der Waals surface area contributed by atoms with Crippen LogP contribution in [0.3, 0.4) is 0 Å². The van der Waals surface area contributed by atoms with E-state index in [9.17, 15) is 9.18 Å². The number of pyridine rings is 2. The lowest BCUT2D eigenvalue weighted by molar-refractivity contribution is 0.129. The maximum absolute atomic E-state index is 14.2. The number of ether oxygens (including phenoxy) is 1. The summed E-state index contributed by atoms with van der Waals surface area (Å²) in [6.45, 7) is 7.86. The van der Waals surface area contributed by atoms with Gasteiger partial charge in [-0.1, -0.05) is 36.7 Å². The van der Waals surface area contributed by atoms with Crippen LogP contribution in [0.4, 0.5) is 10.1 Å². The molecule has 1 aliphatic rings.